The van der Waals surface area contributed by atoms with Crippen LogP contribution in [0.3, 0.4) is 0 Å². The number of nitrogens with one attached hydrogen (secondary N) is 1. The molecule has 1 N–H and O–H groups in total. The smallest absolute Gasteiger partial charge is 0.271 e. The van der Waals surface area contributed by atoms with Crippen molar-refractivity contribution >= 4 is 17.2 Å². The second-order valence-electron chi connectivity index (χ2n) is 5.16. The Balaban J connectivity index is 2.16. The molecule has 7 nitrogen and oxygen atoms in total. The second kappa shape index (κ2) is 7.96. The topological polar surface area (TPSA) is 90.7 Å². The number of nitro groups is 1. The summed E-state index contributed by atoms with van der Waals surface area (Å²) in [6.45, 7) is 1.81. The van der Waals surface area contributed by atoms with Gasteiger partial charge in [0.2, 0.25) is 0 Å². The first-order valence-corrected chi connectivity index (χ1v) is 7.40. The predicted molar refractivity (Wildman–Crippen MR) is 94.5 cm³/mol. The van der Waals surface area contributed by atoms with Gasteiger partial charge in [0, 0.05) is 36.2 Å². The van der Waals surface area contributed by atoms with Gasteiger partial charge in [-0.15, -0.1) is 0 Å². The third-order valence-corrected chi connectivity index (χ3v) is 3.58. The molecule has 130 valence electrons. The molecule has 0 amide bonds. The summed E-state index contributed by atoms with van der Waals surface area (Å²) in [5.74, 6) is 0.721. The lowest BCUT2D eigenvalue weighted by Crippen LogP contribution is -2.01. The van der Waals surface area contributed by atoms with Crippen molar-refractivity contribution in [3.8, 4) is 11.5 Å². The summed E-state index contributed by atoms with van der Waals surface area (Å²) in [5.41, 5.74) is 1.74. The number of non-ortho nitro benzene ring substituents is 1. The third kappa shape index (κ3) is 4.35. The molecule has 0 unspecified atom stereocenters. The van der Waals surface area contributed by atoms with Crippen LogP contribution in [0.15, 0.2) is 48.7 Å². The van der Waals surface area contributed by atoms with Gasteiger partial charge in [0.15, 0.2) is 5.78 Å². The van der Waals surface area contributed by atoms with Gasteiger partial charge in [-0.05, 0) is 24.6 Å². The zero-order valence-corrected chi connectivity index (χ0v) is 14.1. The Labute approximate surface area is 145 Å². The Morgan fingerprint density at radius 3 is 2.56 bits per heavy atom. The molecule has 25 heavy (non-hydrogen) atoms. The molecule has 0 radical (unpaired) electrons. The van der Waals surface area contributed by atoms with Gasteiger partial charge in [-0.2, -0.15) is 0 Å². The average Bonchev–Trinajstić information content (AvgIpc) is 2.62. The van der Waals surface area contributed by atoms with Crippen molar-refractivity contribution in [3.05, 3.63) is 69.9 Å². The molecule has 0 aliphatic carbocycles. The van der Waals surface area contributed by atoms with Crippen LogP contribution in [-0.2, 0) is 0 Å². The Bertz CT molecular complexity index is 830. The average molecular weight is 342 g/mol. The van der Waals surface area contributed by atoms with Crippen LogP contribution in [0.4, 0.5) is 11.4 Å². The molecule has 2 aromatic carbocycles. The number of anilines is 1. The summed E-state index contributed by atoms with van der Waals surface area (Å²) < 4.78 is 10.3. The van der Waals surface area contributed by atoms with E-state index in [1.165, 1.54) is 38.6 Å². The quantitative estimate of drug-likeness (QED) is 0.357. The van der Waals surface area contributed by atoms with Gasteiger partial charge >= 0.3 is 0 Å². The highest BCUT2D eigenvalue weighted by Gasteiger charge is 2.11. The summed E-state index contributed by atoms with van der Waals surface area (Å²) in [7, 11) is 3.00. The van der Waals surface area contributed by atoms with Crippen LogP contribution < -0.4 is 14.8 Å². The number of methoxy groups -OCH3 is 2. The van der Waals surface area contributed by atoms with E-state index < -0.39 is 4.92 Å². The number of hydrogen-bond donors (Lipinski definition) is 1. The van der Waals surface area contributed by atoms with Crippen LogP contribution in [0, 0.1) is 17.0 Å². The molecule has 0 saturated carbocycles. The zero-order valence-electron chi connectivity index (χ0n) is 14.1. The van der Waals surface area contributed by atoms with Crippen molar-refractivity contribution in [1.29, 1.82) is 0 Å². The second-order valence-corrected chi connectivity index (χ2v) is 5.16. The largest absolute Gasteiger partial charge is 0.497 e. The lowest BCUT2D eigenvalue weighted by Gasteiger charge is -2.08. The number of aryl methyl sites for hydroxylation is 1. The summed E-state index contributed by atoms with van der Waals surface area (Å²) >= 11 is 0. The molecular formula is C18H18N2O5. The van der Waals surface area contributed by atoms with Crippen molar-refractivity contribution in [2.45, 2.75) is 6.92 Å². The van der Waals surface area contributed by atoms with Gasteiger partial charge in [0.05, 0.1) is 24.7 Å². The van der Waals surface area contributed by atoms with Gasteiger partial charge in [-0.1, -0.05) is 6.07 Å². The fourth-order valence-electron chi connectivity index (χ4n) is 2.18. The van der Waals surface area contributed by atoms with E-state index in [1.54, 1.807) is 24.3 Å². The van der Waals surface area contributed by atoms with E-state index in [4.69, 9.17) is 9.47 Å². The highest BCUT2D eigenvalue weighted by atomic mass is 16.6. The minimum absolute atomic E-state index is 0.0235. The fourth-order valence-corrected chi connectivity index (χ4v) is 2.18. The highest BCUT2D eigenvalue weighted by molar-refractivity contribution is 6.06. The predicted octanol–water partition coefficient (Wildman–Crippen LogP) is 3.73. The Morgan fingerprint density at radius 2 is 1.92 bits per heavy atom. The normalized spacial score (nSPS) is 10.5. The summed E-state index contributed by atoms with van der Waals surface area (Å²) in [6, 6.07) is 9.39. The molecule has 0 atom stereocenters. The van der Waals surface area contributed by atoms with Crippen LogP contribution in [0.5, 0.6) is 11.5 Å². The van der Waals surface area contributed by atoms with Gasteiger partial charge < -0.3 is 14.8 Å². The molecule has 2 aromatic rings. The standard InChI is InChI=1S/C18H18N2O5/c1-12-4-5-13(20(22)23)10-16(12)19-9-8-17(21)15-7-6-14(24-2)11-18(15)25-3/h4-11,19H,1-3H3/b9-8-. The molecule has 0 saturated heterocycles. The van der Waals surface area contributed by atoms with Crippen LogP contribution in [0.25, 0.3) is 0 Å². The fraction of sp³-hybridized carbons (Fsp3) is 0.167. The van der Waals surface area contributed by atoms with Crippen molar-refractivity contribution in [2.75, 3.05) is 19.5 Å². The SMILES string of the molecule is COc1ccc(C(=O)/C=C\Nc2cc([N+](=O)[O-])ccc2C)c(OC)c1. The maximum atomic E-state index is 12.3. The number of ketones is 1. The van der Waals surface area contributed by atoms with E-state index in [9.17, 15) is 14.9 Å². The lowest BCUT2D eigenvalue weighted by atomic mass is 10.1. The summed E-state index contributed by atoms with van der Waals surface area (Å²) in [5, 5.41) is 13.7. The van der Waals surface area contributed by atoms with Crippen LogP contribution in [0.1, 0.15) is 15.9 Å². The first-order chi connectivity index (χ1) is 12.0. The molecule has 0 aliphatic rings. The number of allylic oxidation sites excluding steroid dienone is 1. The Hall–Kier alpha value is -3.35. The molecule has 0 bridgehead atoms. The van der Waals surface area contributed by atoms with E-state index in [0.717, 1.165) is 5.56 Å². The molecule has 0 aliphatic heterocycles. The third-order valence-electron chi connectivity index (χ3n) is 3.58. The number of carbonyl (C=O) groups excluding carboxylic acids is 1. The maximum absolute atomic E-state index is 12.3. The molecule has 0 aromatic heterocycles. The number of nitro benzene ring substituents is 1. The summed E-state index contributed by atoms with van der Waals surface area (Å²) in [6.07, 6.45) is 2.78. The monoisotopic (exact) mass is 342 g/mol. The van der Waals surface area contributed by atoms with Crippen molar-refractivity contribution in [1.82, 2.24) is 0 Å². The zero-order chi connectivity index (χ0) is 18.4. The van der Waals surface area contributed by atoms with Crippen LogP contribution >= 0.6 is 0 Å². The molecule has 0 heterocycles. The first kappa shape index (κ1) is 18.0. The van der Waals surface area contributed by atoms with E-state index in [2.05, 4.69) is 5.32 Å². The summed E-state index contributed by atoms with van der Waals surface area (Å²) in [4.78, 5) is 22.7. The first-order valence-electron chi connectivity index (χ1n) is 7.40. The number of rotatable bonds is 7. The van der Waals surface area contributed by atoms with Crippen molar-refractivity contribution in [3.63, 3.8) is 0 Å². The maximum Gasteiger partial charge on any atom is 0.271 e. The van der Waals surface area contributed by atoms with Crippen molar-refractivity contribution < 1.29 is 19.2 Å². The number of nitrogens with zero attached hydrogens (tertiary/aromatic N) is 1. The number of benzene rings is 2. The van der Waals surface area contributed by atoms with Crippen molar-refractivity contribution in [2.24, 2.45) is 0 Å². The van der Waals surface area contributed by atoms with Gasteiger partial charge in [-0.25, -0.2) is 0 Å². The number of carbonyl (C=O) groups is 1. The van der Waals surface area contributed by atoms with Crippen LogP contribution in [0.2, 0.25) is 0 Å². The number of hydrogen-bond acceptors (Lipinski definition) is 6. The molecule has 0 spiro atoms. The van der Waals surface area contributed by atoms with Gasteiger partial charge in [-0.3, -0.25) is 14.9 Å². The van der Waals surface area contributed by atoms with Crippen LogP contribution in [-0.4, -0.2) is 24.9 Å². The molecule has 7 heteroatoms. The Kier molecular flexibility index (Phi) is 5.73. The van der Waals surface area contributed by atoms with E-state index in [0.29, 0.717) is 22.7 Å². The van der Waals surface area contributed by atoms with Gasteiger partial charge in [0.1, 0.15) is 11.5 Å². The molecule has 2 rings (SSSR count). The van der Waals surface area contributed by atoms with E-state index in [-0.39, 0.29) is 11.5 Å². The minimum Gasteiger partial charge on any atom is -0.497 e. The highest BCUT2D eigenvalue weighted by Crippen LogP contribution is 2.25. The molecule has 0 fully saturated rings. The van der Waals surface area contributed by atoms with E-state index >= 15 is 0 Å². The number of ether oxygens (including phenoxy) is 2. The van der Waals surface area contributed by atoms with E-state index in [1.807, 2.05) is 6.92 Å². The Morgan fingerprint density at radius 1 is 1.16 bits per heavy atom. The van der Waals surface area contributed by atoms with Gasteiger partial charge in [0.25, 0.3) is 5.69 Å². The lowest BCUT2D eigenvalue weighted by molar-refractivity contribution is -0.384. The molecular weight excluding hydrogens is 324 g/mol. The minimum atomic E-state index is -0.471.